The van der Waals surface area contributed by atoms with Crippen molar-refractivity contribution in [2.24, 2.45) is 0 Å². The Balaban J connectivity index is 1.80. The number of hydrogen-bond acceptors (Lipinski definition) is 5. The molecule has 1 aliphatic heterocycles. The van der Waals surface area contributed by atoms with Gasteiger partial charge in [-0.25, -0.2) is 0 Å². The number of hydrogen-bond donors (Lipinski definition) is 0. The van der Waals surface area contributed by atoms with Gasteiger partial charge in [0.2, 0.25) is 0 Å². The topological polar surface area (TPSA) is 63.9 Å². The SMILES string of the molecule is Cc1nnnn1C(=Cc1ccccc1)C(=O)N1CCCSc2ccccc21. The summed E-state index contributed by atoms with van der Waals surface area (Å²) < 4.78 is 1.51. The van der Waals surface area contributed by atoms with Gasteiger partial charge < -0.3 is 4.90 Å². The summed E-state index contributed by atoms with van der Waals surface area (Å²) in [5, 5.41) is 11.7. The van der Waals surface area contributed by atoms with Crippen LogP contribution < -0.4 is 4.90 Å². The maximum atomic E-state index is 13.6. The molecule has 7 heteroatoms. The lowest BCUT2D eigenvalue weighted by atomic mass is 10.1. The average Bonchev–Trinajstić information content (AvgIpc) is 3.00. The van der Waals surface area contributed by atoms with Gasteiger partial charge in [0, 0.05) is 11.4 Å². The maximum absolute atomic E-state index is 13.6. The van der Waals surface area contributed by atoms with Crippen molar-refractivity contribution in [2.45, 2.75) is 18.2 Å². The molecule has 1 amide bonds. The number of carbonyl (C=O) groups excluding carboxylic acids is 1. The highest BCUT2D eigenvalue weighted by atomic mass is 32.2. The number of fused-ring (bicyclic) bond motifs is 1. The molecule has 2 heterocycles. The fourth-order valence-electron chi connectivity index (χ4n) is 3.05. The third-order valence-electron chi connectivity index (χ3n) is 4.36. The minimum atomic E-state index is -0.107. The zero-order valence-corrected chi connectivity index (χ0v) is 15.8. The van der Waals surface area contributed by atoms with E-state index in [4.69, 9.17) is 0 Å². The Morgan fingerprint density at radius 3 is 2.67 bits per heavy atom. The maximum Gasteiger partial charge on any atom is 0.277 e. The standard InChI is InChI=1S/C20H19N5OS/c1-15-21-22-23-25(15)18(14-16-8-3-2-4-9-16)20(26)24-12-7-13-27-19-11-6-5-10-17(19)24/h2-6,8-11,14H,7,12-13H2,1H3. The van der Waals surface area contributed by atoms with Crippen molar-refractivity contribution >= 4 is 35.1 Å². The number of anilines is 1. The predicted molar refractivity (Wildman–Crippen MR) is 107 cm³/mol. The summed E-state index contributed by atoms with van der Waals surface area (Å²) in [6, 6.07) is 17.8. The van der Waals surface area contributed by atoms with Gasteiger partial charge in [0.15, 0.2) is 5.82 Å². The highest BCUT2D eigenvalue weighted by Crippen LogP contribution is 2.34. The molecule has 27 heavy (non-hydrogen) atoms. The van der Waals surface area contributed by atoms with Crippen molar-refractivity contribution in [1.29, 1.82) is 0 Å². The molecule has 0 aliphatic carbocycles. The molecule has 6 nitrogen and oxygen atoms in total. The molecule has 0 radical (unpaired) electrons. The lowest BCUT2D eigenvalue weighted by Gasteiger charge is -2.23. The minimum absolute atomic E-state index is 0.107. The smallest absolute Gasteiger partial charge is 0.277 e. The molecular weight excluding hydrogens is 358 g/mol. The van der Waals surface area contributed by atoms with Crippen LogP contribution in [0.15, 0.2) is 59.5 Å². The van der Waals surface area contributed by atoms with Gasteiger partial charge in [0.05, 0.1) is 5.69 Å². The van der Waals surface area contributed by atoms with Crippen LogP contribution >= 0.6 is 11.8 Å². The van der Waals surface area contributed by atoms with Gasteiger partial charge in [-0.3, -0.25) is 4.79 Å². The quantitative estimate of drug-likeness (QED) is 0.654. The highest BCUT2D eigenvalue weighted by molar-refractivity contribution is 7.99. The van der Waals surface area contributed by atoms with E-state index in [0.29, 0.717) is 18.1 Å². The molecule has 0 bridgehead atoms. The molecule has 0 fully saturated rings. The third kappa shape index (κ3) is 3.64. The number of rotatable bonds is 3. The van der Waals surface area contributed by atoms with E-state index in [0.717, 1.165) is 28.3 Å². The molecule has 0 spiro atoms. The number of thioether (sulfide) groups is 1. The molecule has 4 rings (SSSR count). The molecular formula is C20H19N5OS. The summed E-state index contributed by atoms with van der Waals surface area (Å²) in [6.07, 6.45) is 2.77. The highest BCUT2D eigenvalue weighted by Gasteiger charge is 2.26. The van der Waals surface area contributed by atoms with Gasteiger partial charge >= 0.3 is 0 Å². The Morgan fingerprint density at radius 1 is 1.11 bits per heavy atom. The van der Waals surface area contributed by atoms with Crippen molar-refractivity contribution in [1.82, 2.24) is 20.2 Å². The first-order valence-corrected chi connectivity index (χ1v) is 9.78. The van der Waals surface area contributed by atoms with Gasteiger partial charge in [-0.15, -0.1) is 16.9 Å². The van der Waals surface area contributed by atoms with Crippen molar-refractivity contribution in [3.63, 3.8) is 0 Å². The van der Waals surface area contributed by atoms with Crippen molar-refractivity contribution in [3.8, 4) is 0 Å². The van der Waals surface area contributed by atoms with Gasteiger partial charge in [0.1, 0.15) is 5.70 Å². The molecule has 3 aromatic rings. The molecule has 1 aromatic heterocycles. The van der Waals surface area contributed by atoms with Gasteiger partial charge in [-0.2, -0.15) is 4.68 Å². The third-order valence-corrected chi connectivity index (χ3v) is 5.51. The molecule has 2 aromatic carbocycles. The Morgan fingerprint density at radius 2 is 1.89 bits per heavy atom. The predicted octanol–water partition coefficient (Wildman–Crippen LogP) is 3.51. The second-order valence-electron chi connectivity index (χ2n) is 6.20. The van der Waals surface area contributed by atoms with E-state index in [1.54, 1.807) is 18.7 Å². The Bertz CT molecular complexity index is 983. The number of benzene rings is 2. The van der Waals surface area contributed by atoms with Crippen LogP contribution in [0.3, 0.4) is 0 Å². The van der Waals surface area contributed by atoms with Crippen LogP contribution in [-0.4, -0.2) is 38.4 Å². The second-order valence-corrected chi connectivity index (χ2v) is 7.34. The van der Waals surface area contributed by atoms with Gasteiger partial charge in [0.25, 0.3) is 5.91 Å². The summed E-state index contributed by atoms with van der Waals surface area (Å²) in [6.45, 7) is 2.45. The second kappa shape index (κ2) is 7.75. The molecule has 0 saturated carbocycles. The Labute approximate surface area is 161 Å². The molecule has 0 atom stereocenters. The monoisotopic (exact) mass is 377 g/mol. The number of amides is 1. The minimum Gasteiger partial charge on any atom is -0.306 e. The van der Waals surface area contributed by atoms with Crippen molar-refractivity contribution < 1.29 is 4.79 Å². The molecule has 0 N–H and O–H groups in total. The lowest BCUT2D eigenvalue weighted by molar-refractivity contribution is -0.113. The zero-order chi connectivity index (χ0) is 18.6. The number of para-hydroxylation sites is 1. The van der Waals surface area contributed by atoms with Crippen LogP contribution in [0.5, 0.6) is 0 Å². The van der Waals surface area contributed by atoms with E-state index >= 15 is 0 Å². The van der Waals surface area contributed by atoms with Crippen LogP contribution in [-0.2, 0) is 4.79 Å². The summed E-state index contributed by atoms with van der Waals surface area (Å²) in [5.74, 6) is 1.45. The van der Waals surface area contributed by atoms with E-state index in [-0.39, 0.29) is 5.91 Å². The molecule has 0 unspecified atom stereocenters. The normalized spacial score (nSPS) is 14.6. The van der Waals surface area contributed by atoms with E-state index in [1.807, 2.05) is 59.5 Å². The number of nitrogens with zero attached hydrogens (tertiary/aromatic N) is 5. The average molecular weight is 377 g/mol. The number of tetrazole rings is 1. The Kier molecular flexibility index (Phi) is 5.02. The van der Waals surface area contributed by atoms with Crippen LogP contribution in [0.25, 0.3) is 11.8 Å². The summed E-state index contributed by atoms with van der Waals surface area (Å²) in [7, 11) is 0. The van der Waals surface area contributed by atoms with Crippen molar-refractivity contribution in [2.75, 3.05) is 17.2 Å². The Hall–Kier alpha value is -2.93. The summed E-state index contributed by atoms with van der Waals surface area (Å²) in [4.78, 5) is 16.6. The molecule has 1 aliphatic rings. The van der Waals surface area contributed by atoms with Crippen molar-refractivity contribution in [3.05, 3.63) is 66.0 Å². The van der Waals surface area contributed by atoms with Crippen LogP contribution in [0.1, 0.15) is 17.8 Å². The van der Waals surface area contributed by atoms with Crippen LogP contribution in [0, 0.1) is 6.92 Å². The number of carbonyl (C=O) groups is 1. The number of aryl methyl sites for hydroxylation is 1. The summed E-state index contributed by atoms with van der Waals surface area (Å²) >= 11 is 1.79. The number of aromatic nitrogens is 4. The van der Waals surface area contributed by atoms with Crippen LogP contribution in [0.2, 0.25) is 0 Å². The van der Waals surface area contributed by atoms with E-state index in [2.05, 4.69) is 21.6 Å². The molecule has 0 saturated heterocycles. The van der Waals surface area contributed by atoms with E-state index in [1.165, 1.54) is 4.68 Å². The summed E-state index contributed by atoms with van der Waals surface area (Å²) in [5.41, 5.74) is 2.30. The molecule has 136 valence electrons. The fraction of sp³-hybridized carbons (Fsp3) is 0.200. The van der Waals surface area contributed by atoms with Gasteiger partial charge in [-0.1, -0.05) is 42.5 Å². The van der Waals surface area contributed by atoms with Gasteiger partial charge in [-0.05, 0) is 53.3 Å². The first kappa shape index (κ1) is 17.5. The largest absolute Gasteiger partial charge is 0.306 e. The van der Waals surface area contributed by atoms with Crippen LogP contribution in [0.4, 0.5) is 5.69 Å². The first-order chi connectivity index (χ1) is 13.2. The fourth-order valence-corrected chi connectivity index (χ4v) is 4.05. The zero-order valence-electron chi connectivity index (χ0n) is 14.9. The van der Waals surface area contributed by atoms with E-state index < -0.39 is 0 Å². The lowest BCUT2D eigenvalue weighted by Crippen LogP contribution is -2.34. The van der Waals surface area contributed by atoms with E-state index in [9.17, 15) is 4.79 Å². The first-order valence-electron chi connectivity index (χ1n) is 8.80.